The van der Waals surface area contributed by atoms with Crippen molar-refractivity contribution in [2.24, 2.45) is 5.41 Å². The van der Waals surface area contributed by atoms with Gasteiger partial charge in [-0.2, -0.15) is 0 Å². The van der Waals surface area contributed by atoms with Crippen LogP contribution in [0.3, 0.4) is 0 Å². The minimum atomic E-state index is -0.921. The molecule has 37 heavy (non-hydrogen) atoms. The number of aliphatic hydroxyl groups is 2. The van der Waals surface area contributed by atoms with Crippen LogP contribution in [0.5, 0.6) is 5.75 Å². The Hall–Kier alpha value is -1.37. The summed E-state index contributed by atoms with van der Waals surface area (Å²) in [6.45, 7) is 14.9. The monoisotopic (exact) mass is 522 g/mol. The van der Waals surface area contributed by atoms with E-state index in [9.17, 15) is 15.0 Å². The van der Waals surface area contributed by atoms with Crippen LogP contribution in [0.2, 0.25) is 0 Å². The number of aliphatic carboxylic acids is 1. The van der Waals surface area contributed by atoms with Crippen molar-refractivity contribution in [1.29, 1.82) is 0 Å². The Kier molecular flexibility index (Phi) is 13.4. The molecule has 6 heteroatoms. The molecule has 2 aromatic rings. The first-order valence-corrected chi connectivity index (χ1v) is 13.3. The molecule has 0 radical (unpaired) electrons. The molecule has 0 amide bonds. The van der Waals surface area contributed by atoms with Crippen LogP contribution in [0.15, 0.2) is 36.4 Å². The number of carboxylic acids is 1. The summed E-state index contributed by atoms with van der Waals surface area (Å²) in [5.41, 5.74) is 5.82. The van der Waals surface area contributed by atoms with Crippen molar-refractivity contribution in [3.63, 3.8) is 0 Å². The molecule has 0 aliphatic rings. The van der Waals surface area contributed by atoms with E-state index in [1.165, 1.54) is 22.3 Å². The second-order valence-corrected chi connectivity index (χ2v) is 11.2. The van der Waals surface area contributed by atoms with E-state index in [0.29, 0.717) is 5.75 Å². The molecule has 202 valence electrons. The van der Waals surface area contributed by atoms with E-state index in [1.807, 2.05) is 13.0 Å². The number of ether oxygens (including phenoxy) is 1. The van der Waals surface area contributed by atoms with Crippen LogP contribution in [-0.4, -0.2) is 69.7 Å². The van der Waals surface area contributed by atoms with Crippen molar-refractivity contribution in [2.75, 3.05) is 6.61 Å². The molecule has 0 fully saturated rings. The molecule has 2 aromatic carbocycles. The van der Waals surface area contributed by atoms with Crippen LogP contribution >= 0.6 is 0 Å². The summed E-state index contributed by atoms with van der Waals surface area (Å²) in [5, 5.41) is 29.3. The summed E-state index contributed by atoms with van der Waals surface area (Å²) >= 11 is 0. The van der Waals surface area contributed by atoms with Gasteiger partial charge in [-0.05, 0) is 85.3 Å². The standard InChI is InChI=1S/C31H46O5.Na.H/c1-8-31(9-2,24-12-10-23(21(3)18-24)11-16-28(33)30(5,6)7)25-13-15-27(22(4)19-25)36-20-26(32)14-17-29(34)35;;/h10,12-13,15,18-19,26,28,32-33H,8-9,11,14,16-17,20H2,1-7H3,(H,34,35);;. The number of carbonyl (C=O) groups is 1. The summed E-state index contributed by atoms with van der Waals surface area (Å²) in [5.74, 6) is -0.214. The molecule has 0 aromatic heterocycles. The molecule has 0 aliphatic carbocycles. The zero-order valence-corrected chi connectivity index (χ0v) is 23.2. The van der Waals surface area contributed by atoms with Crippen molar-refractivity contribution in [3.05, 3.63) is 64.2 Å². The zero-order valence-electron chi connectivity index (χ0n) is 23.2. The average molecular weight is 523 g/mol. The van der Waals surface area contributed by atoms with Gasteiger partial charge in [0.25, 0.3) is 0 Å². The van der Waals surface area contributed by atoms with E-state index in [2.05, 4.69) is 71.9 Å². The zero-order chi connectivity index (χ0) is 27.1. The maximum absolute atomic E-state index is 10.7. The Labute approximate surface area is 245 Å². The van der Waals surface area contributed by atoms with Gasteiger partial charge in [-0.1, -0.05) is 65.0 Å². The molecular formula is C31H47NaO5. The molecule has 2 atom stereocenters. The van der Waals surface area contributed by atoms with E-state index in [0.717, 1.165) is 31.2 Å². The number of hydrogen-bond acceptors (Lipinski definition) is 4. The average Bonchev–Trinajstić information content (AvgIpc) is 2.82. The van der Waals surface area contributed by atoms with Crippen molar-refractivity contribution < 1.29 is 24.9 Å². The molecule has 0 saturated heterocycles. The van der Waals surface area contributed by atoms with E-state index in [1.54, 1.807) is 0 Å². The van der Waals surface area contributed by atoms with Crippen LogP contribution in [0.1, 0.15) is 94.5 Å². The van der Waals surface area contributed by atoms with Gasteiger partial charge in [-0.3, -0.25) is 4.79 Å². The third-order valence-corrected chi connectivity index (χ3v) is 7.64. The molecule has 0 aliphatic heterocycles. The molecule has 2 rings (SSSR count). The van der Waals surface area contributed by atoms with Gasteiger partial charge in [0.05, 0.1) is 12.2 Å². The quantitative estimate of drug-likeness (QED) is 0.294. The maximum atomic E-state index is 10.7. The van der Waals surface area contributed by atoms with E-state index in [-0.39, 0.29) is 65.9 Å². The van der Waals surface area contributed by atoms with Crippen molar-refractivity contribution in [3.8, 4) is 5.75 Å². The molecule has 0 spiro atoms. The summed E-state index contributed by atoms with van der Waals surface area (Å²) < 4.78 is 5.81. The van der Waals surface area contributed by atoms with Crippen LogP contribution in [0.4, 0.5) is 0 Å². The Morgan fingerprint density at radius 1 is 0.919 bits per heavy atom. The van der Waals surface area contributed by atoms with Crippen LogP contribution in [0.25, 0.3) is 0 Å². The van der Waals surface area contributed by atoms with Gasteiger partial charge in [0, 0.05) is 11.8 Å². The second kappa shape index (κ2) is 14.7. The fraction of sp³-hybridized carbons (Fsp3) is 0.581. The van der Waals surface area contributed by atoms with Crippen LogP contribution in [-0.2, 0) is 16.6 Å². The molecule has 2 unspecified atom stereocenters. The van der Waals surface area contributed by atoms with Crippen LogP contribution < -0.4 is 4.74 Å². The fourth-order valence-corrected chi connectivity index (χ4v) is 4.90. The first-order chi connectivity index (χ1) is 16.8. The van der Waals surface area contributed by atoms with Crippen molar-refractivity contribution >= 4 is 35.5 Å². The molecule has 0 heterocycles. The summed E-state index contributed by atoms with van der Waals surface area (Å²) in [6, 6.07) is 13.0. The van der Waals surface area contributed by atoms with Crippen LogP contribution in [0, 0.1) is 19.3 Å². The first-order valence-electron chi connectivity index (χ1n) is 13.3. The topological polar surface area (TPSA) is 87.0 Å². The SMILES string of the molecule is CCC(CC)(c1ccc(CCC(O)C(C)(C)C)c(C)c1)c1ccc(OCC(O)CCC(=O)O)c(C)c1.[NaH]. The minimum absolute atomic E-state index is 0. The fourth-order valence-electron chi connectivity index (χ4n) is 4.90. The van der Waals surface area contributed by atoms with Gasteiger partial charge in [0.1, 0.15) is 12.4 Å². The Balaban J connectivity index is 0.00000684. The summed E-state index contributed by atoms with van der Waals surface area (Å²) in [6.07, 6.45) is 2.48. The molecule has 5 nitrogen and oxygen atoms in total. The van der Waals surface area contributed by atoms with Gasteiger partial charge in [-0.25, -0.2) is 0 Å². The second-order valence-electron chi connectivity index (χ2n) is 11.2. The summed E-state index contributed by atoms with van der Waals surface area (Å²) in [4.78, 5) is 10.7. The molecule has 0 saturated carbocycles. The normalized spacial score (nSPS) is 13.5. The Morgan fingerprint density at radius 3 is 1.97 bits per heavy atom. The molecular weight excluding hydrogens is 475 g/mol. The van der Waals surface area contributed by atoms with E-state index >= 15 is 0 Å². The van der Waals surface area contributed by atoms with Gasteiger partial charge in [-0.15, -0.1) is 0 Å². The Morgan fingerprint density at radius 2 is 1.49 bits per heavy atom. The number of rotatable bonds is 13. The predicted molar refractivity (Wildman–Crippen MR) is 153 cm³/mol. The number of aliphatic hydroxyl groups excluding tert-OH is 2. The molecule has 0 bridgehead atoms. The van der Waals surface area contributed by atoms with Crippen molar-refractivity contribution in [2.45, 2.75) is 105 Å². The first kappa shape index (κ1) is 33.7. The van der Waals surface area contributed by atoms with Gasteiger partial charge >= 0.3 is 35.5 Å². The van der Waals surface area contributed by atoms with Crippen molar-refractivity contribution in [1.82, 2.24) is 0 Å². The number of aryl methyl sites for hydroxylation is 3. The number of benzene rings is 2. The number of hydrogen-bond donors (Lipinski definition) is 3. The predicted octanol–water partition coefficient (Wildman–Crippen LogP) is 5.71. The molecule has 3 N–H and O–H groups in total. The third-order valence-electron chi connectivity index (χ3n) is 7.64. The van der Waals surface area contributed by atoms with E-state index < -0.39 is 12.1 Å². The van der Waals surface area contributed by atoms with Gasteiger partial charge < -0.3 is 20.1 Å². The summed E-state index contributed by atoms with van der Waals surface area (Å²) in [7, 11) is 0. The van der Waals surface area contributed by atoms with Gasteiger partial charge in [0.15, 0.2) is 0 Å². The Bertz CT molecular complexity index is 1010. The van der Waals surface area contributed by atoms with E-state index in [4.69, 9.17) is 9.84 Å². The number of carboxylic acid groups (broad SMARTS) is 1. The third kappa shape index (κ3) is 9.11. The van der Waals surface area contributed by atoms with Gasteiger partial charge in [0.2, 0.25) is 0 Å².